The van der Waals surface area contributed by atoms with E-state index >= 15 is 0 Å². The lowest BCUT2D eigenvalue weighted by atomic mass is 10.00. The highest BCUT2D eigenvalue weighted by atomic mass is 32.1. The summed E-state index contributed by atoms with van der Waals surface area (Å²) in [5, 5.41) is 18.2. The van der Waals surface area contributed by atoms with Gasteiger partial charge < -0.3 is 9.84 Å². The Kier molecular flexibility index (Phi) is 5.01. The van der Waals surface area contributed by atoms with E-state index in [0.29, 0.717) is 28.2 Å². The molecule has 0 aliphatic carbocycles. The van der Waals surface area contributed by atoms with Crippen molar-refractivity contribution < 1.29 is 14.6 Å². The van der Waals surface area contributed by atoms with Gasteiger partial charge in [-0.1, -0.05) is 6.07 Å². The lowest BCUT2D eigenvalue weighted by Crippen LogP contribution is -2.10. The summed E-state index contributed by atoms with van der Waals surface area (Å²) in [5.74, 6) is -0.408. The Labute approximate surface area is 105 Å². The first-order valence-electron chi connectivity index (χ1n) is 5.14. The van der Waals surface area contributed by atoms with E-state index in [2.05, 4.69) is 12.6 Å². The normalized spacial score (nSPS) is 9.76. The van der Waals surface area contributed by atoms with Crippen molar-refractivity contribution in [3.05, 3.63) is 28.8 Å². The fourth-order valence-electron chi connectivity index (χ4n) is 1.49. The molecule has 0 spiro atoms. The van der Waals surface area contributed by atoms with E-state index in [1.54, 1.807) is 19.1 Å². The monoisotopic (exact) mass is 251 g/mol. The Morgan fingerprint density at radius 2 is 2.29 bits per heavy atom. The van der Waals surface area contributed by atoms with E-state index in [-0.39, 0.29) is 13.0 Å². The predicted octanol–water partition coefficient (Wildman–Crippen LogP) is 1.44. The van der Waals surface area contributed by atoms with Crippen LogP contribution < -0.4 is 0 Å². The topological polar surface area (TPSA) is 70.3 Å². The van der Waals surface area contributed by atoms with Crippen molar-refractivity contribution in [2.45, 2.75) is 24.8 Å². The van der Waals surface area contributed by atoms with Crippen LogP contribution in [0.3, 0.4) is 0 Å². The SMILES string of the molecule is CCOC(=O)Cc1c(S)ccc(CO)c1C#N. The van der Waals surface area contributed by atoms with Crippen LogP contribution in [-0.2, 0) is 22.6 Å². The summed E-state index contributed by atoms with van der Waals surface area (Å²) in [6.45, 7) is 1.77. The molecule has 1 aromatic carbocycles. The minimum absolute atomic E-state index is 0.0105. The van der Waals surface area contributed by atoms with E-state index in [0.717, 1.165) is 0 Å². The summed E-state index contributed by atoms with van der Waals surface area (Å²) in [7, 11) is 0. The molecule has 0 aliphatic rings. The zero-order chi connectivity index (χ0) is 12.8. The summed E-state index contributed by atoms with van der Waals surface area (Å²) in [4.78, 5) is 12.0. The fourth-order valence-corrected chi connectivity index (χ4v) is 1.76. The average molecular weight is 251 g/mol. The van der Waals surface area contributed by atoms with Crippen molar-refractivity contribution in [1.29, 1.82) is 5.26 Å². The Morgan fingerprint density at radius 3 is 2.82 bits per heavy atom. The van der Waals surface area contributed by atoms with E-state index in [1.807, 2.05) is 6.07 Å². The molecule has 5 heteroatoms. The number of carbonyl (C=O) groups is 1. The van der Waals surface area contributed by atoms with E-state index in [1.165, 1.54) is 0 Å². The minimum atomic E-state index is -0.408. The van der Waals surface area contributed by atoms with Gasteiger partial charge in [-0.3, -0.25) is 4.79 Å². The number of benzene rings is 1. The van der Waals surface area contributed by atoms with Crippen molar-refractivity contribution in [2.24, 2.45) is 0 Å². The third kappa shape index (κ3) is 3.22. The quantitative estimate of drug-likeness (QED) is 0.627. The molecule has 0 heterocycles. The van der Waals surface area contributed by atoms with Crippen molar-refractivity contribution >= 4 is 18.6 Å². The molecule has 1 rings (SSSR count). The van der Waals surface area contributed by atoms with Gasteiger partial charge in [-0.15, -0.1) is 12.6 Å². The number of hydrogen-bond acceptors (Lipinski definition) is 5. The number of hydrogen-bond donors (Lipinski definition) is 2. The molecule has 0 atom stereocenters. The highest BCUT2D eigenvalue weighted by Crippen LogP contribution is 2.23. The Balaban J connectivity index is 3.13. The molecule has 17 heavy (non-hydrogen) atoms. The van der Waals surface area contributed by atoms with Gasteiger partial charge in [0.15, 0.2) is 0 Å². The first-order chi connectivity index (χ1) is 8.13. The van der Waals surface area contributed by atoms with Crippen LogP contribution >= 0.6 is 12.6 Å². The Morgan fingerprint density at radius 1 is 1.59 bits per heavy atom. The highest BCUT2D eigenvalue weighted by Gasteiger charge is 2.15. The van der Waals surface area contributed by atoms with Crippen LogP contribution in [0.4, 0.5) is 0 Å². The van der Waals surface area contributed by atoms with Gasteiger partial charge in [0.2, 0.25) is 0 Å². The average Bonchev–Trinajstić information content (AvgIpc) is 2.31. The number of carbonyl (C=O) groups excluding carboxylic acids is 1. The van der Waals surface area contributed by atoms with Crippen molar-refractivity contribution in [2.75, 3.05) is 6.61 Å². The van der Waals surface area contributed by atoms with Crippen molar-refractivity contribution in [1.82, 2.24) is 0 Å². The maximum Gasteiger partial charge on any atom is 0.310 e. The molecule has 0 unspecified atom stereocenters. The Hall–Kier alpha value is -1.51. The number of nitriles is 1. The molecule has 0 radical (unpaired) electrons. The molecule has 90 valence electrons. The molecular weight excluding hydrogens is 238 g/mol. The Bertz CT molecular complexity index is 466. The van der Waals surface area contributed by atoms with Gasteiger partial charge in [-0.05, 0) is 24.1 Å². The second-order valence-electron chi connectivity index (χ2n) is 3.35. The number of aliphatic hydroxyl groups excluding tert-OH is 1. The molecule has 1 N–H and O–H groups in total. The molecule has 0 saturated carbocycles. The van der Waals surface area contributed by atoms with Gasteiger partial charge in [0.25, 0.3) is 0 Å². The molecule has 0 amide bonds. The van der Waals surface area contributed by atoms with Gasteiger partial charge in [-0.2, -0.15) is 5.26 Å². The molecular formula is C12H13NO3S. The summed E-state index contributed by atoms with van der Waals surface area (Å²) in [5.41, 5.74) is 1.29. The lowest BCUT2D eigenvalue weighted by molar-refractivity contribution is -0.142. The summed E-state index contributed by atoms with van der Waals surface area (Å²) >= 11 is 4.21. The van der Waals surface area contributed by atoms with E-state index < -0.39 is 5.97 Å². The smallest absolute Gasteiger partial charge is 0.310 e. The van der Waals surface area contributed by atoms with Crippen LogP contribution in [0.5, 0.6) is 0 Å². The fraction of sp³-hybridized carbons (Fsp3) is 0.333. The molecule has 0 aromatic heterocycles. The van der Waals surface area contributed by atoms with Gasteiger partial charge in [0.1, 0.15) is 0 Å². The van der Waals surface area contributed by atoms with Gasteiger partial charge in [0, 0.05) is 4.90 Å². The maximum atomic E-state index is 11.4. The molecule has 0 aliphatic heterocycles. The molecule has 0 saturated heterocycles. The van der Waals surface area contributed by atoms with Crippen LogP contribution in [0, 0.1) is 11.3 Å². The van der Waals surface area contributed by atoms with Gasteiger partial charge in [0.05, 0.1) is 31.3 Å². The number of rotatable bonds is 4. The standard InChI is InChI=1S/C12H13NO3S/c1-2-16-12(15)5-9-10(6-13)8(7-14)3-4-11(9)17/h3-4,14,17H,2,5,7H2,1H3. The number of esters is 1. The first-order valence-corrected chi connectivity index (χ1v) is 5.59. The highest BCUT2D eigenvalue weighted by molar-refractivity contribution is 7.80. The van der Waals surface area contributed by atoms with E-state index in [4.69, 9.17) is 15.1 Å². The lowest BCUT2D eigenvalue weighted by Gasteiger charge is -2.10. The minimum Gasteiger partial charge on any atom is -0.466 e. The molecule has 0 bridgehead atoms. The second-order valence-corrected chi connectivity index (χ2v) is 3.83. The number of thiol groups is 1. The van der Waals surface area contributed by atoms with Crippen molar-refractivity contribution in [3.8, 4) is 6.07 Å². The molecule has 4 nitrogen and oxygen atoms in total. The number of ether oxygens (including phenoxy) is 1. The zero-order valence-corrected chi connectivity index (χ0v) is 10.3. The summed E-state index contributed by atoms with van der Waals surface area (Å²) in [6, 6.07) is 5.26. The van der Waals surface area contributed by atoms with Crippen LogP contribution in [-0.4, -0.2) is 17.7 Å². The predicted molar refractivity (Wildman–Crippen MR) is 64.7 cm³/mol. The van der Waals surface area contributed by atoms with Crippen LogP contribution in [0.15, 0.2) is 17.0 Å². The van der Waals surface area contributed by atoms with Crippen LogP contribution in [0.2, 0.25) is 0 Å². The second kappa shape index (κ2) is 6.28. The largest absolute Gasteiger partial charge is 0.466 e. The first kappa shape index (κ1) is 13.6. The van der Waals surface area contributed by atoms with Gasteiger partial charge in [-0.25, -0.2) is 0 Å². The van der Waals surface area contributed by atoms with Crippen LogP contribution in [0.1, 0.15) is 23.6 Å². The van der Waals surface area contributed by atoms with Gasteiger partial charge >= 0.3 is 5.97 Å². The summed E-state index contributed by atoms with van der Waals surface area (Å²) < 4.78 is 4.83. The number of nitrogens with zero attached hydrogens (tertiary/aromatic N) is 1. The third-order valence-electron chi connectivity index (χ3n) is 2.28. The molecule has 1 aromatic rings. The zero-order valence-electron chi connectivity index (χ0n) is 9.43. The number of aliphatic hydroxyl groups is 1. The molecule has 0 fully saturated rings. The van der Waals surface area contributed by atoms with Crippen LogP contribution in [0.25, 0.3) is 0 Å². The van der Waals surface area contributed by atoms with Crippen molar-refractivity contribution in [3.63, 3.8) is 0 Å². The van der Waals surface area contributed by atoms with E-state index in [9.17, 15) is 4.79 Å². The third-order valence-corrected chi connectivity index (χ3v) is 2.70. The summed E-state index contributed by atoms with van der Waals surface area (Å²) in [6.07, 6.45) is -0.0105. The maximum absolute atomic E-state index is 11.4.